The van der Waals surface area contributed by atoms with Crippen LogP contribution in [0, 0.1) is 10.1 Å². The van der Waals surface area contributed by atoms with Gasteiger partial charge < -0.3 is 5.32 Å². The summed E-state index contributed by atoms with van der Waals surface area (Å²) in [5, 5.41) is 16.6. The second kappa shape index (κ2) is 6.72. The number of hydrogen-bond donors (Lipinski definition) is 1. The summed E-state index contributed by atoms with van der Waals surface area (Å²) < 4.78 is 0. The minimum atomic E-state index is -0.442. The Bertz CT molecular complexity index is 587. The molecule has 0 aliphatic rings. The first-order valence-electron chi connectivity index (χ1n) is 6.36. The molecule has 106 valence electrons. The maximum absolute atomic E-state index is 11.2. The van der Waals surface area contributed by atoms with Crippen LogP contribution in [0.15, 0.2) is 35.7 Å². The maximum atomic E-state index is 11.2. The first-order chi connectivity index (χ1) is 9.63. The van der Waals surface area contributed by atoms with Crippen molar-refractivity contribution < 1.29 is 4.92 Å². The van der Waals surface area contributed by atoms with Gasteiger partial charge >= 0.3 is 5.69 Å². The van der Waals surface area contributed by atoms with E-state index in [-0.39, 0.29) is 16.8 Å². The Morgan fingerprint density at radius 1 is 1.40 bits per heavy atom. The van der Waals surface area contributed by atoms with E-state index < -0.39 is 4.92 Å². The topological polar surface area (TPSA) is 55.2 Å². The fourth-order valence-corrected chi connectivity index (χ4v) is 3.12. The second-order valence-corrected chi connectivity index (χ2v) is 5.78. The summed E-state index contributed by atoms with van der Waals surface area (Å²) in [6, 6.07) is 9.03. The maximum Gasteiger partial charge on any atom is 0.310 e. The van der Waals surface area contributed by atoms with E-state index in [0.717, 1.165) is 12.8 Å². The third-order valence-electron chi connectivity index (χ3n) is 2.96. The molecule has 0 saturated heterocycles. The summed E-state index contributed by atoms with van der Waals surface area (Å²) in [4.78, 5) is 11.9. The van der Waals surface area contributed by atoms with E-state index >= 15 is 0 Å². The standard InChI is InChI=1S/C14H15ClN2O2S/c1-2-5-11(13-8-4-9-20-13)16-12-7-3-6-10(15)14(12)17(18)19/h3-4,6-9,11,16H,2,5H2,1H3. The predicted octanol–water partition coefficient (Wildman–Crippen LogP) is 5.26. The molecular weight excluding hydrogens is 296 g/mol. The highest BCUT2D eigenvalue weighted by Gasteiger charge is 2.21. The van der Waals surface area contributed by atoms with Crippen molar-refractivity contribution in [3.63, 3.8) is 0 Å². The number of anilines is 1. The van der Waals surface area contributed by atoms with E-state index in [4.69, 9.17) is 11.6 Å². The van der Waals surface area contributed by atoms with Gasteiger partial charge in [-0.1, -0.05) is 37.1 Å². The number of halogens is 1. The average molecular weight is 311 g/mol. The number of thiophene rings is 1. The zero-order chi connectivity index (χ0) is 14.5. The lowest BCUT2D eigenvalue weighted by Crippen LogP contribution is -2.10. The van der Waals surface area contributed by atoms with E-state index in [0.29, 0.717) is 5.69 Å². The Balaban J connectivity index is 2.32. The highest BCUT2D eigenvalue weighted by Crippen LogP contribution is 2.36. The molecule has 6 heteroatoms. The van der Waals surface area contributed by atoms with Gasteiger partial charge in [0.15, 0.2) is 0 Å². The zero-order valence-electron chi connectivity index (χ0n) is 11.0. The van der Waals surface area contributed by atoms with Gasteiger partial charge in [-0.25, -0.2) is 0 Å². The lowest BCUT2D eigenvalue weighted by Gasteiger charge is -2.18. The number of rotatable bonds is 6. The summed E-state index contributed by atoms with van der Waals surface area (Å²) in [7, 11) is 0. The van der Waals surface area contributed by atoms with E-state index in [1.54, 1.807) is 23.5 Å². The Morgan fingerprint density at radius 3 is 2.80 bits per heavy atom. The predicted molar refractivity (Wildman–Crippen MR) is 83.7 cm³/mol. The van der Waals surface area contributed by atoms with Gasteiger partial charge in [-0.2, -0.15) is 0 Å². The second-order valence-electron chi connectivity index (χ2n) is 4.39. The van der Waals surface area contributed by atoms with Crippen molar-refractivity contribution in [1.82, 2.24) is 0 Å². The molecule has 2 rings (SSSR count). The lowest BCUT2D eigenvalue weighted by atomic mass is 10.1. The smallest absolute Gasteiger partial charge is 0.310 e. The van der Waals surface area contributed by atoms with Crippen LogP contribution in [-0.2, 0) is 0 Å². The van der Waals surface area contributed by atoms with Crippen molar-refractivity contribution in [2.24, 2.45) is 0 Å². The molecule has 1 N–H and O–H groups in total. The Hall–Kier alpha value is -1.59. The molecule has 4 nitrogen and oxygen atoms in total. The van der Waals surface area contributed by atoms with Crippen molar-refractivity contribution in [2.45, 2.75) is 25.8 Å². The van der Waals surface area contributed by atoms with Gasteiger partial charge in [0.05, 0.1) is 11.0 Å². The molecule has 0 aliphatic heterocycles. The number of hydrogen-bond acceptors (Lipinski definition) is 4. The molecule has 1 heterocycles. The molecule has 0 spiro atoms. The summed E-state index contributed by atoms with van der Waals surface area (Å²) in [5.74, 6) is 0. The molecule has 0 saturated carbocycles. The Morgan fingerprint density at radius 2 is 2.20 bits per heavy atom. The van der Waals surface area contributed by atoms with Crippen molar-refractivity contribution in [1.29, 1.82) is 0 Å². The third kappa shape index (κ3) is 3.29. The third-order valence-corrected chi connectivity index (χ3v) is 4.25. The molecular formula is C14H15ClN2O2S. The summed E-state index contributed by atoms with van der Waals surface area (Å²) in [6.45, 7) is 2.09. The molecule has 0 aliphatic carbocycles. The van der Waals surface area contributed by atoms with Crippen LogP contribution >= 0.6 is 22.9 Å². The SMILES string of the molecule is CCCC(Nc1cccc(Cl)c1[N+](=O)[O-])c1cccs1. The van der Waals surface area contributed by atoms with Crippen LogP contribution in [0.25, 0.3) is 0 Å². The van der Waals surface area contributed by atoms with Crippen molar-refractivity contribution in [3.8, 4) is 0 Å². The number of nitro benzene ring substituents is 1. The van der Waals surface area contributed by atoms with Gasteiger partial charge in [0.2, 0.25) is 0 Å². The van der Waals surface area contributed by atoms with E-state index in [1.165, 1.54) is 10.9 Å². The fourth-order valence-electron chi connectivity index (χ4n) is 2.07. The van der Waals surface area contributed by atoms with Crippen molar-refractivity contribution in [2.75, 3.05) is 5.32 Å². The summed E-state index contributed by atoms with van der Waals surface area (Å²) in [6.07, 6.45) is 1.90. The Kier molecular flexibility index (Phi) is 4.98. The number of nitrogens with one attached hydrogen (secondary N) is 1. The van der Waals surface area contributed by atoms with Crippen LogP contribution < -0.4 is 5.32 Å². The monoisotopic (exact) mass is 310 g/mol. The number of nitro groups is 1. The molecule has 1 unspecified atom stereocenters. The highest BCUT2D eigenvalue weighted by molar-refractivity contribution is 7.10. The van der Waals surface area contributed by atoms with E-state index in [2.05, 4.69) is 12.2 Å². The van der Waals surface area contributed by atoms with Crippen LogP contribution in [0.5, 0.6) is 0 Å². The minimum absolute atomic E-state index is 0.0631. The van der Waals surface area contributed by atoms with Crippen LogP contribution in [0.4, 0.5) is 11.4 Å². The first kappa shape index (κ1) is 14.8. The van der Waals surface area contributed by atoms with Gasteiger partial charge in [0.25, 0.3) is 0 Å². The van der Waals surface area contributed by atoms with Gasteiger partial charge in [-0.15, -0.1) is 11.3 Å². The molecule has 2 aromatic rings. The zero-order valence-corrected chi connectivity index (χ0v) is 12.6. The highest BCUT2D eigenvalue weighted by atomic mass is 35.5. The van der Waals surface area contributed by atoms with Crippen LogP contribution in [0.1, 0.15) is 30.7 Å². The molecule has 1 atom stereocenters. The Labute approximate surface area is 126 Å². The molecule has 1 aromatic carbocycles. The van der Waals surface area contributed by atoms with Gasteiger partial charge in [-0.3, -0.25) is 10.1 Å². The number of benzene rings is 1. The molecule has 0 fully saturated rings. The molecule has 0 radical (unpaired) electrons. The quantitative estimate of drug-likeness (QED) is 0.584. The van der Waals surface area contributed by atoms with Crippen LogP contribution in [0.3, 0.4) is 0 Å². The van der Waals surface area contributed by atoms with Gasteiger partial charge in [0, 0.05) is 4.88 Å². The van der Waals surface area contributed by atoms with Crippen LogP contribution in [-0.4, -0.2) is 4.92 Å². The minimum Gasteiger partial charge on any atom is -0.372 e. The van der Waals surface area contributed by atoms with E-state index in [9.17, 15) is 10.1 Å². The molecule has 20 heavy (non-hydrogen) atoms. The van der Waals surface area contributed by atoms with E-state index in [1.807, 2.05) is 17.5 Å². The van der Waals surface area contributed by atoms with Crippen molar-refractivity contribution in [3.05, 3.63) is 55.7 Å². The van der Waals surface area contributed by atoms with Crippen molar-refractivity contribution >= 4 is 34.3 Å². The molecule has 0 amide bonds. The fraction of sp³-hybridized carbons (Fsp3) is 0.286. The number of nitrogens with zero attached hydrogens (tertiary/aromatic N) is 1. The normalized spacial score (nSPS) is 12.1. The first-order valence-corrected chi connectivity index (χ1v) is 7.62. The van der Waals surface area contributed by atoms with Gasteiger partial charge in [-0.05, 0) is 30.0 Å². The average Bonchev–Trinajstić information content (AvgIpc) is 2.91. The van der Waals surface area contributed by atoms with Gasteiger partial charge in [0.1, 0.15) is 10.7 Å². The number of para-hydroxylation sites is 1. The molecule has 1 aromatic heterocycles. The van der Waals surface area contributed by atoms with Crippen LogP contribution in [0.2, 0.25) is 5.02 Å². The lowest BCUT2D eigenvalue weighted by molar-refractivity contribution is -0.383. The molecule has 0 bridgehead atoms. The summed E-state index contributed by atoms with van der Waals surface area (Å²) >= 11 is 7.57. The largest absolute Gasteiger partial charge is 0.372 e. The summed E-state index contributed by atoms with van der Waals surface area (Å²) in [5.41, 5.74) is 0.404.